The molecule has 0 saturated carbocycles. The number of anilines is 1. The van der Waals surface area contributed by atoms with Crippen molar-refractivity contribution in [1.29, 1.82) is 0 Å². The highest BCUT2D eigenvalue weighted by atomic mass is 32.2. The fraction of sp³-hybridized carbons (Fsp3) is 0.318. The van der Waals surface area contributed by atoms with E-state index in [-0.39, 0.29) is 17.6 Å². The van der Waals surface area contributed by atoms with Gasteiger partial charge in [-0.1, -0.05) is 19.9 Å². The van der Waals surface area contributed by atoms with E-state index in [1.54, 1.807) is 30.3 Å². The molecule has 0 fully saturated rings. The van der Waals surface area contributed by atoms with Gasteiger partial charge in [0.1, 0.15) is 0 Å². The summed E-state index contributed by atoms with van der Waals surface area (Å²) in [6.07, 6.45) is 4.59. The number of ether oxygens (including phenoxy) is 2. The fourth-order valence-corrected chi connectivity index (χ4v) is 4.71. The highest BCUT2D eigenvalue weighted by molar-refractivity contribution is 7.89. The monoisotopic (exact) mass is 430 g/mol. The van der Waals surface area contributed by atoms with E-state index in [2.05, 4.69) is 5.32 Å². The Balaban J connectivity index is 1.64. The Morgan fingerprint density at radius 2 is 1.70 bits per heavy atom. The van der Waals surface area contributed by atoms with Crippen LogP contribution in [-0.4, -0.2) is 38.5 Å². The van der Waals surface area contributed by atoms with Crippen molar-refractivity contribution in [3.05, 3.63) is 54.1 Å². The van der Waals surface area contributed by atoms with Gasteiger partial charge < -0.3 is 14.8 Å². The van der Waals surface area contributed by atoms with Crippen LogP contribution >= 0.6 is 0 Å². The summed E-state index contributed by atoms with van der Waals surface area (Å²) in [5.41, 5.74) is 1.33. The van der Waals surface area contributed by atoms with Crippen LogP contribution in [0.15, 0.2) is 53.4 Å². The Labute approximate surface area is 177 Å². The molecule has 2 aromatic rings. The molecule has 0 bridgehead atoms. The highest BCUT2D eigenvalue weighted by Gasteiger charge is 2.22. The maximum Gasteiger partial charge on any atom is 0.248 e. The van der Waals surface area contributed by atoms with Crippen molar-refractivity contribution < 1.29 is 22.7 Å². The van der Waals surface area contributed by atoms with Crippen molar-refractivity contribution in [3.8, 4) is 11.5 Å². The van der Waals surface area contributed by atoms with Crippen LogP contribution in [0, 0.1) is 0 Å². The summed E-state index contributed by atoms with van der Waals surface area (Å²) in [4.78, 5) is 12.4. The van der Waals surface area contributed by atoms with E-state index < -0.39 is 10.0 Å². The van der Waals surface area contributed by atoms with Crippen molar-refractivity contribution in [1.82, 2.24) is 4.31 Å². The minimum absolute atomic E-state index is 0.198. The molecule has 1 amide bonds. The predicted octanol–water partition coefficient (Wildman–Crippen LogP) is 3.88. The minimum Gasteiger partial charge on any atom is -0.454 e. The highest BCUT2D eigenvalue weighted by Crippen LogP contribution is 2.32. The van der Waals surface area contributed by atoms with E-state index in [1.165, 1.54) is 22.5 Å². The molecule has 0 unspecified atom stereocenters. The molecule has 0 aliphatic carbocycles. The van der Waals surface area contributed by atoms with Crippen molar-refractivity contribution in [2.75, 3.05) is 25.2 Å². The number of rotatable bonds is 9. The molecule has 7 nitrogen and oxygen atoms in total. The molecule has 160 valence electrons. The molecule has 1 aliphatic rings. The van der Waals surface area contributed by atoms with Gasteiger partial charge in [0.2, 0.25) is 22.7 Å². The van der Waals surface area contributed by atoms with Gasteiger partial charge in [-0.15, -0.1) is 0 Å². The second-order valence-electron chi connectivity index (χ2n) is 6.86. The minimum atomic E-state index is -3.54. The molecule has 0 radical (unpaired) electrons. The Morgan fingerprint density at radius 1 is 1.03 bits per heavy atom. The van der Waals surface area contributed by atoms with Crippen LogP contribution in [0.25, 0.3) is 6.08 Å². The first kappa shape index (κ1) is 21.9. The molecule has 1 heterocycles. The van der Waals surface area contributed by atoms with Crippen LogP contribution in [0.2, 0.25) is 0 Å². The van der Waals surface area contributed by atoms with E-state index in [1.807, 2.05) is 19.9 Å². The quantitative estimate of drug-likeness (QED) is 0.611. The van der Waals surface area contributed by atoms with E-state index in [0.717, 1.165) is 18.4 Å². The number of nitrogens with one attached hydrogen (secondary N) is 1. The molecule has 30 heavy (non-hydrogen) atoms. The van der Waals surface area contributed by atoms with Gasteiger partial charge in [0.25, 0.3) is 0 Å². The Morgan fingerprint density at radius 3 is 2.37 bits per heavy atom. The molecule has 0 saturated heterocycles. The lowest BCUT2D eigenvalue weighted by molar-refractivity contribution is -0.111. The summed E-state index contributed by atoms with van der Waals surface area (Å²) in [5.74, 6) is 1.01. The molecule has 1 N–H and O–H groups in total. The molecule has 1 aliphatic heterocycles. The van der Waals surface area contributed by atoms with Crippen molar-refractivity contribution in [2.45, 2.75) is 31.6 Å². The average Bonchev–Trinajstić information content (AvgIpc) is 3.20. The maximum atomic E-state index is 12.8. The molecule has 3 rings (SSSR count). The Bertz CT molecular complexity index is 1010. The topological polar surface area (TPSA) is 84.9 Å². The molecule has 0 aromatic heterocycles. The first-order valence-electron chi connectivity index (χ1n) is 9.93. The fourth-order valence-electron chi connectivity index (χ4n) is 3.08. The first-order chi connectivity index (χ1) is 14.4. The summed E-state index contributed by atoms with van der Waals surface area (Å²) < 4.78 is 37.7. The molecular weight excluding hydrogens is 404 g/mol. The SMILES string of the molecule is CCCN(CCC)S(=O)(=O)c1ccc(NC(=O)/C=C/c2ccc3c(c2)OCO3)cc1. The van der Waals surface area contributed by atoms with Crippen LogP contribution in [0.1, 0.15) is 32.3 Å². The number of carbonyl (C=O) groups excluding carboxylic acids is 1. The zero-order valence-electron chi connectivity index (χ0n) is 17.1. The molecule has 0 spiro atoms. The largest absolute Gasteiger partial charge is 0.454 e. The van der Waals surface area contributed by atoms with E-state index in [0.29, 0.717) is 30.3 Å². The molecule has 0 atom stereocenters. The average molecular weight is 431 g/mol. The normalized spacial score (nSPS) is 13.2. The lowest BCUT2D eigenvalue weighted by atomic mass is 10.2. The van der Waals surface area contributed by atoms with E-state index in [9.17, 15) is 13.2 Å². The summed E-state index contributed by atoms with van der Waals surface area (Å²) >= 11 is 0. The first-order valence-corrected chi connectivity index (χ1v) is 11.4. The van der Waals surface area contributed by atoms with Crippen LogP contribution < -0.4 is 14.8 Å². The predicted molar refractivity (Wildman–Crippen MR) is 116 cm³/mol. The van der Waals surface area contributed by atoms with Gasteiger partial charge in [-0.3, -0.25) is 4.79 Å². The van der Waals surface area contributed by atoms with E-state index >= 15 is 0 Å². The number of sulfonamides is 1. The zero-order chi connectivity index (χ0) is 21.6. The van der Waals surface area contributed by atoms with Crippen molar-refractivity contribution in [2.24, 2.45) is 0 Å². The van der Waals surface area contributed by atoms with Gasteiger partial charge in [0.15, 0.2) is 11.5 Å². The van der Waals surface area contributed by atoms with Gasteiger partial charge in [-0.25, -0.2) is 8.42 Å². The van der Waals surface area contributed by atoms with Gasteiger partial charge in [-0.05, 0) is 60.9 Å². The number of carbonyl (C=O) groups is 1. The van der Waals surface area contributed by atoms with Gasteiger partial charge in [-0.2, -0.15) is 4.31 Å². The third-order valence-electron chi connectivity index (χ3n) is 4.53. The third-order valence-corrected chi connectivity index (χ3v) is 6.44. The van der Waals surface area contributed by atoms with Gasteiger partial charge >= 0.3 is 0 Å². The smallest absolute Gasteiger partial charge is 0.248 e. The number of amides is 1. The second-order valence-corrected chi connectivity index (χ2v) is 8.80. The summed E-state index contributed by atoms with van der Waals surface area (Å²) in [6.45, 7) is 5.07. The van der Waals surface area contributed by atoms with Crippen LogP contribution in [0.3, 0.4) is 0 Å². The molecule has 8 heteroatoms. The van der Waals surface area contributed by atoms with Gasteiger partial charge in [0.05, 0.1) is 4.90 Å². The number of fused-ring (bicyclic) bond motifs is 1. The lowest BCUT2D eigenvalue weighted by Gasteiger charge is -2.21. The maximum absolute atomic E-state index is 12.8. The summed E-state index contributed by atoms with van der Waals surface area (Å²) in [7, 11) is -3.54. The van der Waals surface area contributed by atoms with E-state index in [4.69, 9.17) is 9.47 Å². The van der Waals surface area contributed by atoms with Gasteiger partial charge in [0, 0.05) is 24.9 Å². The van der Waals surface area contributed by atoms with Crippen molar-refractivity contribution in [3.63, 3.8) is 0 Å². The van der Waals surface area contributed by atoms with Crippen molar-refractivity contribution >= 4 is 27.7 Å². The standard InChI is InChI=1S/C22H26N2O5S/c1-3-13-24(14-4-2)30(26,27)19-9-7-18(8-10-19)23-22(25)12-6-17-5-11-20-21(15-17)29-16-28-20/h5-12,15H,3-4,13-14,16H2,1-2H3,(H,23,25)/b12-6+. The Kier molecular flexibility index (Phi) is 7.12. The Hall–Kier alpha value is -2.84. The lowest BCUT2D eigenvalue weighted by Crippen LogP contribution is -2.32. The third kappa shape index (κ3) is 5.20. The number of benzene rings is 2. The number of hydrogen-bond donors (Lipinski definition) is 1. The second kappa shape index (κ2) is 9.77. The summed E-state index contributed by atoms with van der Waals surface area (Å²) in [6, 6.07) is 11.6. The zero-order valence-corrected chi connectivity index (χ0v) is 17.9. The van der Waals surface area contributed by atoms with Crippen LogP contribution in [0.5, 0.6) is 11.5 Å². The summed E-state index contributed by atoms with van der Waals surface area (Å²) in [5, 5.41) is 2.73. The number of nitrogens with zero attached hydrogens (tertiary/aromatic N) is 1. The van der Waals surface area contributed by atoms with Crippen LogP contribution in [0.4, 0.5) is 5.69 Å². The molecule has 2 aromatic carbocycles. The molecular formula is C22H26N2O5S. The number of hydrogen-bond acceptors (Lipinski definition) is 5. The van der Waals surface area contributed by atoms with Crippen LogP contribution in [-0.2, 0) is 14.8 Å².